The summed E-state index contributed by atoms with van der Waals surface area (Å²) in [7, 11) is 0. The van der Waals surface area contributed by atoms with Gasteiger partial charge in [-0.25, -0.2) is 0 Å². The molecule has 4 rings (SSSR count). The van der Waals surface area contributed by atoms with Crippen LogP contribution in [0.1, 0.15) is 9.67 Å². The number of rotatable bonds is 3. The number of hydrogen-bond acceptors (Lipinski definition) is 4. The molecule has 0 radical (unpaired) electrons. The molecular formula is C20H19NO2S2. The van der Waals surface area contributed by atoms with E-state index in [2.05, 4.69) is 54.8 Å². The summed E-state index contributed by atoms with van der Waals surface area (Å²) in [6.45, 7) is 2.61. The molecule has 1 aromatic heterocycles. The first kappa shape index (κ1) is 16.6. The lowest BCUT2D eigenvalue weighted by atomic mass is 10.0. The van der Waals surface area contributed by atoms with Gasteiger partial charge in [-0.1, -0.05) is 24.3 Å². The lowest BCUT2D eigenvalue weighted by molar-refractivity contribution is 0.0306. The van der Waals surface area contributed by atoms with Crippen LogP contribution in [0, 0.1) is 0 Å². The highest BCUT2D eigenvalue weighted by Crippen LogP contribution is 2.35. The Hall–Kier alpha value is -1.82. The molecule has 128 valence electrons. The van der Waals surface area contributed by atoms with Crippen molar-refractivity contribution in [1.82, 2.24) is 4.90 Å². The van der Waals surface area contributed by atoms with Crippen molar-refractivity contribution in [2.24, 2.45) is 0 Å². The Morgan fingerprint density at radius 1 is 1.12 bits per heavy atom. The predicted molar refractivity (Wildman–Crippen MR) is 106 cm³/mol. The van der Waals surface area contributed by atoms with Crippen LogP contribution < -0.4 is 0 Å². The molecule has 1 aliphatic heterocycles. The van der Waals surface area contributed by atoms with Gasteiger partial charge in [0.1, 0.15) is 0 Å². The topological polar surface area (TPSA) is 29.5 Å². The van der Waals surface area contributed by atoms with Crippen LogP contribution in [0.15, 0.2) is 53.4 Å². The highest BCUT2D eigenvalue weighted by molar-refractivity contribution is 7.98. The van der Waals surface area contributed by atoms with Gasteiger partial charge in [0, 0.05) is 28.1 Å². The molecule has 0 atom stereocenters. The highest BCUT2D eigenvalue weighted by Gasteiger charge is 2.21. The molecule has 0 unspecified atom stereocenters. The van der Waals surface area contributed by atoms with Gasteiger partial charge in [-0.2, -0.15) is 0 Å². The normalized spacial score (nSPS) is 14.8. The maximum Gasteiger partial charge on any atom is 0.264 e. The Kier molecular flexibility index (Phi) is 4.79. The number of amides is 1. The molecule has 2 heterocycles. The van der Waals surface area contributed by atoms with Gasteiger partial charge in [0.15, 0.2) is 0 Å². The molecule has 0 bridgehead atoms. The van der Waals surface area contributed by atoms with E-state index in [-0.39, 0.29) is 5.91 Å². The third-order valence-corrected chi connectivity index (χ3v) is 6.30. The van der Waals surface area contributed by atoms with E-state index in [9.17, 15) is 4.79 Å². The number of benzene rings is 2. The van der Waals surface area contributed by atoms with Gasteiger partial charge in [-0.3, -0.25) is 4.79 Å². The van der Waals surface area contributed by atoms with Crippen LogP contribution in [-0.2, 0) is 4.74 Å². The molecule has 1 fully saturated rings. The van der Waals surface area contributed by atoms with Crippen molar-refractivity contribution in [3.63, 3.8) is 0 Å². The Bertz CT molecular complexity index is 896. The Labute approximate surface area is 155 Å². The monoisotopic (exact) mass is 369 g/mol. The molecule has 25 heavy (non-hydrogen) atoms. The molecule has 2 aromatic carbocycles. The van der Waals surface area contributed by atoms with Crippen molar-refractivity contribution in [1.29, 1.82) is 0 Å². The first-order valence-corrected chi connectivity index (χ1v) is 10.3. The van der Waals surface area contributed by atoms with Crippen LogP contribution in [0.25, 0.3) is 21.2 Å². The molecule has 0 N–H and O–H groups in total. The smallest absolute Gasteiger partial charge is 0.264 e. The summed E-state index contributed by atoms with van der Waals surface area (Å²) in [5, 5.41) is 1.15. The lowest BCUT2D eigenvalue weighted by Crippen LogP contribution is -2.40. The number of thiophene rings is 1. The fourth-order valence-corrected chi connectivity index (χ4v) is 4.57. The van der Waals surface area contributed by atoms with Gasteiger partial charge in [-0.15, -0.1) is 23.1 Å². The summed E-state index contributed by atoms with van der Waals surface area (Å²) in [6.07, 6.45) is 2.08. The number of ether oxygens (including phenoxy) is 1. The van der Waals surface area contributed by atoms with Crippen LogP contribution in [0.2, 0.25) is 0 Å². The van der Waals surface area contributed by atoms with Gasteiger partial charge in [0.05, 0.1) is 18.1 Å². The molecule has 0 aliphatic carbocycles. The second-order valence-corrected chi connectivity index (χ2v) is 7.92. The fraction of sp³-hybridized carbons (Fsp3) is 0.250. The van der Waals surface area contributed by atoms with Gasteiger partial charge < -0.3 is 9.64 Å². The lowest BCUT2D eigenvalue weighted by Gasteiger charge is -2.26. The zero-order chi connectivity index (χ0) is 17.2. The average Bonchev–Trinajstić information content (AvgIpc) is 3.12. The maximum atomic E-state index is 12.8. The van der Waals surface area contributed by atoms with Crippen LogP contribution in [0.5, 0.6) is 0 Å². The van der Waals surface area contributed by atoms with Gasteiger partial charge in [-0.05, 0) is 41.6 Å². The number of hydrogen-bond donors (Lipinski definition) is 0. The number of morpholine rings is 1. The second kappa shape index (κ2) is 7.20. The molecule has 5 heteroatoms. The van der Waals surface area contributed by atoms with Gasteiger partial charge in [0.2, 0.25) is 0 Å². The summed E-state index contributed by atoms with van der Waals surface area (Å²) in [6, 6.07) is 16.9. The summed E-state index contributed by atoms with van der Waals surface area (Å²) >= 11 is 3.32. The predicted octanol–water partition coefficient (Wildman–Crippen LogP) is 4.76. The van der Waals surface area contributed by atoms with E-state index in [1.54, 1.807) is 23.1 Å². The van der Waals surface area contributed by atoms with Crippen molar-refractivity contribution < 1.29 is 9.53 Å². The molecule has 0 spiro atoms. The first-order chi connectivity index (χ1) is 12.3. The number of thioether (sulfide) groups is 1. The van der Waals surface area contributed by atoms with E-state index in [1.807, 2.05) is 4.90 Å². The van der Waals surface area contributed by atoms with Crippen LogP contribution in [0.3, 0.4) is 0 Å². The second-order valence-electron chi connectivity index (χ2n) is 5.96. The van der Waals surface area contributed by atoms with E-state index < -0.39 is 0 Å². The van der Waals surface area contributed by atoms with Crippen molar-refractivity contribution in [3.05, 3.63) is 53.4 Å². The molecular weight excluding hydrogens is 350 g/mol. The molecule has 3 nitrogen and oxygen atoms in total. The van der Waals surface area contributed by atoms with Crippen molar-refractivity contribution in [3.8, 4) is 11.1 Å². The quantitative estimate of drug-likeness (QED) is 0.623. The third-order valence-electron chi connectivity index (χ3n) is 4.47. The minimum Gasteiger partial charge on any atom is -0.378 e. The Morgan fingerprint density at radius 3 is 2.60 bits per heavy atom. The zero-order valence-corrected chi connectivity index (χ0v) is 15.7. The van der Waals surface area contributed by atoms with Crippen molar-refractivity contribution in [2.75, 3.05) is 32.6 Å². The highest BCUT2D eigenvalue weighted by atomic mass is 32.2. The molecule has 1 amide bonds. The SMILES string of the molecule is CSc1ccc(-c2cccc3sc(C(=O)N4CCOCC4)cc23)cc1. The summed E-state index contributed by atoms with van der Waals surface area (Å²) < 4.78 is 6.50. The van der Waals surface area contributed by atoms with Gasteiger partial charge >= 0.3 is 0 Å². The van der Waals surface area contributed by atoms with E-state index in [4.69, 9.17) is 4.74 Å². The largest absolute Gasteiger partial charge is 0.378 e. The van der Waals surface area contributed by atoms with Crippen LogP contribution in [0.4, 0.5) is 0 Å². The summed E-state index contributed by atoms with van der Waals surface area (Å²) in [5.41, 5.74) is 2.37. The summed E-state index contributed by atoms with van der Waals surface area (Å²) in [5.74, 6) is 0.119. The molecule has 1 saturated heterocycles. The molecule has 1 aliphatic rings. The van der Waals surface area contributed by atoms with E-state index in [0.29, 0.717) is 26.3 Å². The minimum atomic E-state index is 0.119. The first-order valence-electron chi connectivity index (χ1n) is 8.30. The number of carbonyl (C=O) groups excluding carboxylic acids is 1. The Morgan fingerprint density at radius 2 is 1.88 bits per heavy atom. The van der Waals surface area contributed by atoms with E-state index >= 15 is 0 Å². The fourth-order valence-electron chi connectivity index (χ4n) is 3.11. The van der Waals surface area contributed by atoms with Crippen LogP contribution >= 0.6 is 23.1 Å². The van der Waals surface area contributed by atoms with Crippen molar-refractivity contribution >= 4 is 39.1 Å². The molecule has 3 aromatic rings. The van der Waals surface area contributed by atoms with E-state index in [1.165, 1.54) is 16.0 Å². The van der Waals surface area contributed by atoms with Gasteiger partial charge in [0.25, 0.3) is 5.91 Å². The molecule has 0 saturated carbocycles. The van der Waals surface area contributed by atoms with E-state index in [0.717, 1.165) is 15.0 Å². The number of carbonyl (C=O) groups is 1. The summed E-state index contributed by atoms with van der Waals surface area (Å²) in [4.78, 5) is 16.7. The average molecular weight is 370 g/mol. The number of fused-ring (bicyclic) bond motifs is 1. The third kappa shape index (κ3) is 3.32. The maximum absolute atomic E-state index is 12.8. The zero-order valence-electron chi connectivity index (χ0n) is 14.0. The van der Waals surface area contributed by atoms with Crippen molar-refractivity contribution in [2.45, 2.75) is 4.90 Å². The van der Waals surface area contributed by atoms with Crippen LogP contribution in [-0.4, -0.2) is 43.4 Å². The minimum absolute atomic E-state index is 0.119. The Balaban J connectivity index is 1.71. The number of nitrogens with zero attached hydrogens (tertiary/aromatic N) is 1. The standard InChI is InChI=1S/C20H19NO2S2/c1-24-15-7-5-14(6-8-15)16-3-2-4-18-17(16)13-19(25-18)20(22)21-9-11-23-12-10-21/h2-8,13H,9-12H2,1H3.